The molecule has 0 aliphatic carbocycles. The van der Waals surface area contributed by atoms with E-state index in [4.69, 9.17) is 35.9 Å². The molecule has 0 spiro atoms. The van der Waals surface area contributed by atoms with Crippen molar-refractivity contribution in [2.75, 3.05) is 57.9 Å². The van der Waals surface area contributed by atoms with Crippen LogP contribution in [0.5, 0.6) is 0 Å². The molecule has 12 rings (SSSR count). The summed E-state index contributed by atoms with van der Waals surface area (Å²) in [6, 6.07) is 47.0. The van der Waals surface area contributed by atoms with Crippen LogP contribution in [0.3, 0.4) is 0 Å². The lowest BCUT2D eigenvalue weighted by Crippen LogP contribution is -2.38. The van der Waals surface area contributed by atoms with Gasteiger partial charge in [0.2, 0.25) is 0 Å². The van der Waals surface area contributed by atoms with Crippen molar-refractivity contribution in [1.82, 2.24) is 35.2 Å². The van der Waals surface area contributed by atoms with Crippen LogP contribution in [-0.4, -0.2) is 124 Å². The molecule has 0 amide bonds. The predicted octanol–water partition coefficient (Wildman–Crippen LogP) is 14.0. The fourth-order valence-corrected chi connectivity index (χ4v) is 10.9. The highest BCUT2D eigenvalue weighted by atomic mass is 79.9. The molecular weight excluding hydrogens is 1140 g/mol. The molecule has 3 atom stereocenters. The number of nitrogens with zero attached hydrogens (tertiary/aromatic N) is 8. The Hall–Kier alpha value is -8.32. The number of carboxylic acid groups (broad SMARTS) is 1. The molecule has 3 N–H and O–H groups in total. The summed E-state index contributed by atoms with van der Waals surface area (Å²) < 4.78 is 25.7. The van der Waals surface area contributed by atoms with Crippen LogP contribution in [0.4, 0.5) is 16.0 Å². The van der Waals surface area contributed by atoms with Gasteiger partial charge in [0.15, 0.2) is 11.6 Å². The monoisotopic (exact) mass is 1220 g/mol. The first-order valence-corrected chi connectivity index (χ1v) is 29.3. The molecule has 85 heavy (non-hydrogen) atoms. The molecule has 3 saturated heterocycles. The summed E-state index contributed by atoms with van der Waals surface area (Å²) in [5.41, 5.74) is 10.9. The number of aliphatic hydroxyl groups is 1. The summed E-state index contributed by atoms with van der Waals surface area (Å²) in [7, 11) is 2.74. The number of aromatic carboxylic acids is 1. The van der Waals surface area contributed by atoms with E-state index in [2.05, 4.69) is 73.9 Å². The van der Waals surface area contributed by atoms with Gasteiger partial charge in [-0.05, 0) is 149 Å². The first-order chi connectivity index (χ1) is 41.8. The minimum Gasteiger partial charge on any atom is -0.478 e. The second-order valence-corrected chi connectivity index (χ2v) is 21.3. The van der Waals surface area contributed by atoms with Gasteiger partial charge in [0.1, 0.15) is 21.7 Å². The van der Waals surface area contributed by atoms with Crippen molar-refractivity contribution >= 4 is 78.6 Å². The Kier molecular flexibility index (Phi) is 23.7. The highest BCUT2D eigenvalue weighted by Crippen LogP contribution is 2.36. The number of piperidine rings is 3. The second kappa shape index (κ2) is 32.1. The molecule has 0 bridgehead atoms. The number of benzene rings is 6. The molecule has 0 saturated carbocycles. The number of ether oxygens (including phenoxy) is 2. The maximum atomic E-state index is 11.9. The van der Waals surface area contributed by atoms with Crippen LogP contribution in [0.1, 0.15) is 111 Å². The van der Waals surface area contributed by atoms with Crippen molar-refractivity contribution in [3.8, 4) is 33.8 Å². The molecule has 3 fully saturated rings. The number of esters is 2. The number of halogens is 2. The molecule has 3 aliphatic rings. The number of rotatable bonds is 8. The van der Waals surface area contributed by atoms with E-state index in [0.717, 1.165) is 108 Å². The minimum atomic E-state index is -1.00. The number of carbonyl (C=O) groups is 3. The van der Waals surface area contributed by atoms with Crippen LogP contribution in [0, 0.1) is 0 Å². The van der Waals surface area contributed by atoms with E-state index in [-0.39, 0.29) is 17.5 Å². The number of hydrogen-bond donors (Lipinski definition) is 3. The molecule has 6 aromatic carbocycles. The average Bonchev–Trinajstić information content (AvgIpc) is 1.93. The number of carbonyl (C=O) groups excluding carboxylic acids is 2. The SMILES string of the molecule is CC1CCCCN1.CC1CCCCN1c1nc2cc(C(=O)O)ccc2nc1-c1ccccc1.CO.COC(=O)c1ccc2nc(-c3ccccc3)c(Br)nc2c1.COC(=O)c1ccc2nc(-c3ccccc3)c(N3CCCCC3C)nc2c1.[2H]CF. The molecule has 0 radical (unpaired) electrons. The summed E-state index contributed by atoms with van der Waals surface area (Å²) in [5.74, 6) is 0.0377. The van der Waals surface area contributed by atoms with E-state index in [0.29, 0.717) is 49.9 Å². The van der Waals surface area contributed by atoms with Crippen LogP contribution in [-0.2, 0) is 9.47 Å². The third kappa shape index (κ3) is 16.7. The van der Waals surface area contributed by atoms with Gasteiger partial charge < -0.3 is 34.8 Å². The van der Waals surface area contributed by atoms with Crippen LogP contribution in [0.25, 0.3) is 66.9 Å². The van der Waals surface area contributed by atoms with E-state index >= 15 is 0 Å². The molecule has 3 aliphatic heterocycles. The number of fused-ring (bicyclic) bond motifs is 3. The number of alkyl halides is 1. The number of aliphatic hydroxyl groups excluding tert-OH is 1. The summed E-state index contributed by atoms with van der Waals surface area (Å²) in [5, 5.41) is 19.7. The van der Waals surface area contributed by atoms with Gasteiger partial charge in [-0.15, -0.1) is 0 Å². The zero-order chi connectivity index (χ0) is 61.5. The zero-order valence-electron chi connectivity index (χ0n) is 50.1. The van der Waals surface area contributed by atoms with Gasteiger partial charge >= 0.3 is 17.9 Å². The Morgan fingerprint density at radius 2 is 0.906 bits per heavy atom. The average molecular weight is 1220 g/mol. The summed E-state index contributed by atoms with van der Waals surface area (Å²) in [4.78, 5) is 68.1. The van der Waals surface area contributed by atoms with Gasteiger partial charge in [0.25, 0.3) is 0 Å². The van der Waals surface area contributed by atoms with Gasteiger partial charge in [0.05, 0.1) is 72.5 Å². The lowest BCUT2D eigenvalue weighted by molar-refractivity contribution is 0.0592. The molecule has 3 aromatic heterocycles. The van der Waals surface area contributed by atoms with Crippen molar-refractivity contribution in [3.63, 3.8) is 0 Å². The predicted molar refractivity (Wildman–Crippen MR) is 340 cm³/mol. The molecule has 3 unspecified atom stereocenters. The second-order valence-electron chi connectivity index (χ2n) is 20.6. The summed E-state index contributed by atoms with van der Waals surface area (Å²) in [6.45, 7) is 9.86. The summed E-state index contributed by atoms with van der Waals surface area (Å²) in [6.07, 6.45) is 11.2. The van der Waals surface area contributed by atoms with Gasteiger partial charge in [-0.2, -0.15) is 0 Å². The maximum absolute atomic E-state index is 11.9. The molecular formula is C67H75BrFN9O7. The van der Waals surface area contributed by atoms with E-state index in [1.54, 1.807) is 48.5 Å². The first-order valence-electron chi connectivity index (χ1n) is 29.2. The van der Waals surface area contributed by atoms with Gasteiger partial charge in [-0.3, -0.25) is 4.39 Å². The molecule has 444 valence electrons. The van der Waals surface area contributed by atoms with E-state index in [1.165, 1.54) is 52.9 Å². The topological polar surface area (TPSA) is 206 Å². The maximum Gasteiger partial charge on any atom is 0.337 e. The third-order valence-electron chi connectivity index (χ3n) is 14.9. The van der Waals surface area contributed by atoms with Crippen molar-refractivity contribution in [2.45, 2.75) is 96.7 Å². The standard InChI is InChI=1S/C22H23N3O2.C21H21N3O2.C16H11BrN2O2.C6H13N.CH3F.CH4O/c1-15-8-6-7-13-25(15)21-20(16-9-4-3-5-10-16)23-18-12-11-17(22(26)27-2)14-19(18)24-21;1-14-7-5-6-12-24(14)20-19(15-8-3-2-4-9-15)22-17-11-10-16(21(25)26)13-18(17)23-20;1-21-16(20)11-7-8-12-13(9-11)19-15(17)14(18-12)10-5-3-2-4-6-10;1-6-4-2-3-5-7-6;2*1-2/h3-5,9-12,14-15H,6-8,13H2,1-2H3;2-4,8-11,13-14H,5-7,12H2,1H3,(H,25,26);2-9H,1H3;6-7H,2-5H2,1H3;1H3;2H,1H3/i;;;;1D;. The zero-order valence-corrected chi connectivity index (χ0v) is 50.6. The molecule has 16 nitrogen and oxygen atoms in total. The Labute approximate surface area is 506 Å². The number of anilines is 2. The molecule has 18 heteroatoms. The Bertz CT molecular complexity index is 3660. The van der Waals surface area contributed by atoms with E-state index in [9.17, 15) is 23.9 Å². The largest absolute Gasteiger partial charge is 0.478 e. The van der Waals surface area contributed by atoms with Crippen molar-refractivity contribution in [3.05, 3.63) is 167 Å². The van der Waals surface area contributed by atoms with Crippen molar-refractivity contribution < 1.29 is 39.8 Å². The van der Waals surface area contributed by atoms with E-state index in [1.807, 2.05) is 84.9 Å². The van der Waals surface area contributed by atoms with Crippen LogP contribution < -0.4 is 15.1 Å². The van der Waals surface area contributed by atoms with Crippen LogP contribution >= 0.6 is 15.9 Å². The van der Waals surface area contributed by atoms with Gasteiger partial charge in [-0.25, -0.2) is 44.3 Å². The van der Waals surface area contributed by atoms with Gasteiger partial charge in [0, 0.05) is 55.0 Å². The van der Waals surface area contributed by atoms with Gasteiger partial charge in [-0.1, -0.05) is 97.4 Å². The Morgan fingerprint density at radius 3 is 1.27 bits per heavy atom. The smallest absolute Gasteiger partial charge is 0.337 e. The normalized spacial score (nSPS) is 16.4. The fourth-order valence-electron chi connectivity index (χ4n) is 10.4. The molecule has 9 aromatic rings. The number of nitrogens with one attached hydrogen (secondary N) is 1. The fraction of sp³-hybridized carbons (Fsp3) is 0.328. The highest BCUT2D eigenvalue weighted by Gasteiger charge is 2.27. The van der Waals surface area contributed by atoms with Crippen molar-refractivity contribution in [2.24, 2.45) is 0 Å². The van der Waals surface area contributed by atoms with Crippen molar-refractivity contribution in [1.29, 1.82) is 0 Å². The Morgan fingerprint density at radius 1 is 0.529 bits per heavy atom. The number of carboxylic acids is 1. The van der Waals surface area contributed by atoms with Crippen LogP contribution in [0.15, 0.2) is 150 Å². The van der Waals surface area contributed by atoms with E-state index < -0.39 is 13.1 Å². The highest BCUT2D eigenvalue weighted by molar-refractivity contribution is 9.10. The first kappa shape index (κ1) is 62.7. The number of hydrogen-bond acceptors (Lipinski definition) is 15. The minimum absolute atomic E-state index is 0.233. The lowest BCUT2D eigenvalue weighted by Gasteiger charge is -2.35. The molecule has 6 heterocycles. The number of aromatic nitrogens is 6. The lowest BCUT2D eigenvalue weighted by atomic mass is 10.0. The quantitative estimate of drug-likeness (QED) is 0.121. The Balaban J connectivity index is 0.000000169. The summed E-state index contributed by atoms with van der Waals surface area (Å²) >= 11 is 3.44. The third-order valence-corrected chi connectivity index (χ3v) is 15.4. The number of methoxy groups -OCH3 is 2. The van der Waals surface area contributed by atoms with Crippen LogP contribution in [0.2, 0.25) is 0 Å².